The minimum absolute atomic E-state index is 1.07. The van der Waals surface area contributed by atoms with Gasteiger partial charge in [0, 0.05) is 0 Å². The molecule has 24 heavy (non-hydrogen) atoms. The first-order valence-electron chi connectivity index (χ1n) is 8.93. The lowest BCUT2D eigenvalue weighted by Gasteiger charge is -2.06. The van der Waals surface area contributed by atoms with Crippen LogP contribution in [0.15, 0.2) is 69.4 Å². The van der Waals surface area contributed by atoms with Gasteiger partial charge in [-0.25, -0.2) is 0 Å². The molecule has 0 saturated carbocycles. The van der Waals surface area contributed by atoms with Crippen LogP contribution in [0.1, 0.15) is 82.6 Å². The van der Waals surface area contributed by atoms with E-state index in [-0.39, 0.29) is 0 Å². The molecule has 0 N–H and O–H groups in total. The van der Waals surface area contributed by atoms with Crippen LogP contribution >= 0.6 is 0 Å². The van der Waals surface area contributed by atoms with E-state index in [1.807, 2.05) is 0 Å². The standard InChI is InChI=1S/C16H26.C8H14/c1-8-9-14(5)16(7)11-13(4)10-15(6)12(2)3;1-5-8(4)6-7(2)3/h8-10H,11H2,1-7H3;5-6H,1-4H3/b9-8-,13-10+,16-14?;8-5-. The van der Waals surface area contributed by atoms with Crippen molar-refractivity contribution in [1.29, 1.82) is 0 Å². The second kappa shape index (κ2) is 13.8. The van der Waals surface area contributed by atoms with Gasteiger partial charge in [-0.3, -0.25) is 0 Å². The molecule has 0 aromatic heterocycles. The molecule has 0 amide bonds. The maximum Gasteiger partial charge on any atom is -0.0105 e. The Balaban J connectivity index is 0. The summed E-state index contributed by atoms with van der Waals surface area (Å²) < 4.78 is 0. The molecule has 0 radical (unpaired) electrons. The summed E-state index contributed by atoms with van der Waals surface area (Å²) in [5, 5.41) is 0. The van der Waals surface area contributed by atoms with Crippen LogP contribution in [0.3, 0.4) is 0 Å². The number of rotatable bonds is 5. The van der Waals surface area contributed by atoms with Crippen LogP contribution in [0.2, 0.25) is 0 Å². The summed E-state index contributed by atoms with van der Waals surface area (Å²) in [5.74, 6) is 0. The van der Waals surface area contributed by atoms with Gasteiger partial charge in [0.2, 0.25) is 0 Å². The predicted molar refractivity (Wildman–Crippen MR) is 114 cm³/mol. The van der Waals surface area contributed by atoms with Crippen molar-refractivity contribution in [2.45, 2.75) is 82.6 Å². The van der Waals surface area contributed by atoms with Crippen molar-refractivity contribution in [3.63, 3.8) is 0 Å². The van der Waals surface area contributed by atoms with Gasteiger partial charge in [0.1, 0.15) is 0 Å². The summed E-state index contributed by atoms with van der Waals surface area (Å²) in [6.07, 6.45) is 11.9. The van der Waals surface area contributed by atoms with E-state index in [1.54, 1.807) is 0 Å². The molecule has 0 atom stereocenters. The number of allylic oxidation sites excluding steroid dienone is 12. The molecule has 136 valence electrons. The van der Waals surface area contributed by atoms with Crippen molar-refractivity contribution in [1.82, 2.24) is 0 Å². The Kier molecular flexibility index (Phi) is 14.2. The van der Waals surface area contributed by atoms with Gasteiger partial charge in [0.25, 0.3) is 0 Å². The van der Waals surface area contributed by atoms with Gasteiger partial charge in [-0.2, -0.15) is 0 Å². The smallest absolute Gasteiger partial charge is 0.0105 e. The molecule has 0 heterocycles. The van der Waals surface area contributed by atoms with Crippen molar-refractivity contribution in [3.05, 3.63) is 69.4 Å². The highest BCUT2D eigenvalue weighted by Crippen LogP contribution is 2.17. The third kappa shape index (κ3) is 14.1. The summed E-state index contributed by atoms with van der Waals surface area (Å²) in [4.78, 5) is 0. The molecule has 0 heteroatoms. The van der Waals surface area contributed by atoms with Crippen LogP contribution < -0.4 is 0 Å². The molecule has 0 aromatic rings. The lowest BCUT2D eigenvalue weighted by Crippen LogP contribution is -1.86. The molecule has 0 bridgehead atoms. The number of hydrogen-bond acceptors (Lipinski definition) is 0. The lowest BCUT2D eigenvalue weighted by atomic mass is 10.0. The van der Waals surface area contributed by atoms with Gasteiger partial charge in [-0.05, 0) is 82.6 Å². The zero-order valence-electron chi connectivity index (χ0n) is 18.1. The molecule has 0 aliphatic heterocycles. The molecule has 0 aromatic carbocycles. The zero-order chi connectivity index (χ0) is 19.3. The molecule has 0 aliphatic carbocycles. The predicted octanol–water partition coefficient (Wildman–Crippen LogP) is 8.51. The van der Waals surface area contributed by atoms with Crippen LogP contribution in [-0.2, 0) is 0 Å². The van der Waals surface area contributed by atoms with Crippen LogP contribution in [0.4, 0.5) is 0 Å². The zero-order valence-corrected chi connectivity index (χ0v) is 18.1. The molecule has 0 aliphatic rings. The summed E-state index contributed by atoms with van der Waals surface area (Å²) >= 11 is 0. The van der Waals surface area contributed by atoms with Crippen molar-refractivity contribution < 1.29 is 0 Å². The summed E-state index contributed by atoms with van der Waals surface area (Å²) in [6, 6.07) is 0. The van der Waals surface area contributed by atoms with Gasteiger partial charge in [-0.15, -0.1) is 0 Å². The van der Waals surface area contributed by atoms with Crippen molar-refractivity contribution in [3.8, 4) is 0 Å². The topological polar surface area (TPSA) is 0 Å². The highest BCUT2D eigenvalue weighted by atomic mass is 14.0. The molecule has 0 fully saturated rings. The highest BCUT2D eigenvalue weighted by Gasteiger charge is 1.97. The number of hydrogen-bond donors (Lipinski definition) is 0. The van der Waals surface area contributed by atoms with Gasteiger partial charge >= 0.3 is 0 Å². The second-order valence-electron chi connectivity index (χ2n) is 7.07. The first-order valence-corrected chi connectivity index (χ1v) is 8.93. The fourth-order valence-corrected chi connectivity index (χ4v) is 2.05. The maximum atomic E-state index is 2.29. The normalized spacial score (nSPS) is 13.1. The van der Waals surface area contributed by atoms with E-state index in [9.17, 15) is 0 Å². The van der Waals surface area contributed by atoms with E-state index in [2.05, 4.69) is 107 Å². The Morgan fingerprint density at radius 2 is 1.25 bits per heavy atom. The quantitative estimate of drug-likeness (QED) is 0.444. The van der Waals surface area contributed by atoms with E-state index >= 15 is 0 Å². The first kappa shape index (κ1) is 24.7. The summed E-state index contributed by atoms with van der Waals surface area (Å²) in [5.41, 5.74) is 9.74. The largest absolute Gasteiger partial charge is 0.0874 e. The molecule has 0 nitrogen and oxygen atoms in total. The van der Waals surface area contributed by atoms with E-state index < -0.39 is 0 Å². The minimum atomic E-state index is 1.07. The third-order valence-electron chi connectivity index (χ3n) is 3.86. The summed E-state index contributed by atoms with van der Waals surface area (Å²) in [6.45, 7) is 23.5. The van der Waals surface area contributed by atoms with E-state index in [0.717, 1.165) is 6.42 Å². The third-order valence-corrected chi connectivity index (χ3v) is 3.86. The molecular weight excluding hydrogens is 288 g/mol. The first-order chi connectivity index (χ1) is 11.0. The average molecular weight is 329 g/mol. The Hall–Kier alpha value is -1.56. The van der Waals surface area contributed by atoms with Crippen LogP contribution in [0, 0.1) is 0 Å². The monoisotopic (exact) mass is 328 g/mol. The van der Waals surface area contributed by atoms with Gasteiger partial charge < -0.3 is 0 Å². The van der Waals surface area contributed by atoms with Crippen molar-refractivity contribution >= 4 is 0 Å². The Morgan fingerprint density at radius 3 is 1.58 bits per heavy atom. The summed E-state index contributed by atoms with van der Waals surface area (Å²) in [7, 11) is 0. The fourth-order valence-electron chi connectivity index (χ4n) is 2.05. The molecule has 0 spiro atoms. The van der Waals surface area contributed by atoms with E-state index in [1.165, 1.54) is 39.0 Å². The second-order valence-corrected chi connectivity index (χ2v) is 7.07. The molecule has 0 rings (SSSR count). The maximum absolute atomic E-state index is 2.29. The average Bonchev–Trinajstić information content (AvgIpc) is 2.46. The van der Waals surface area contributed by atoms with Crippen molar-refractivity contribution in [2.75, 3.05) is 0 Å². The highest BCUT2D eigenvalue weighted by molar-refractivity contribution is 5.30. The SMILES string of the molecule is C/C=C(/C)C=C(C)C.C/C=C\C(C)=C(C)C/C(C)=C/C(C)=C(C)C. The Bertz CT molecular complexity index is 547. The van der Waals surface area contributed by atoms with Crippen LogP contribution in [0.25, 0.3) is 0 Å². The van der Waals surface area contributed by atoms with E-state index in [0.29, 0.717) is 0 Å². The Morgan fingerprint density at radius 1 is 0.708 bits per heavy atom. The van der Waals surface area contributed by atoms with Gasteiger partial charge in [0.05, 0.1) is 0 Å². The Labute approximate surface area is 152 Å². The molecular formula is C24H40. The van der Waals surface area contributed by atoms with Gasteiger partial charge in [0.15, 0.2) is 0 Å². The van der Waals surface area contributed by atoms with Crippen LogP contribution in [0.5, 0.6) is 0 Å². The van der Waals surface area contributed by atoms with Crippen molar-refractivity contribution in [2.24, 2.45) is 0 Å². The molecule has 0 unspecified atom stereocenters. The molecule has 0 saturated heterocycles. The van der Waals surface area contributed by atoms with E-state index in [4.69, 9.17) is 0 Å². The van der Waals surface area contributed by atoms with Gasteiger partial charge in [-0.1, -0.05) is 69.4 Å². The minimum Gasteiger partial charge on any atom is -0.0874 e. The lowest BCUT2D eigenvalue weighted by molar-refractivity contribution is 1.07. The van der Waals surface area contributed by atoms with Crippen LogP contribution in [-0.4, -0.2) is 0 Å². The fraction of sp³-hybridized carbons (Fsp3) is 0.500.